The van der Waals surface area contributed by atoms with Crippen LogP contribution in [0.4, 0.5) is 4.39 Å². The Morgan fingerprint density at radius 1 is 1.00 bits per heavy atom. The van der Waals surface area contributed by atoms with Crippen molar-refractivity contribution >= 4 is 23.2 Å². The van der Waals surface area contributed by atoms with Gasteiger partial charge in [0.2, 0.25) is 0 Å². The van der Waals surface area contributed by atoms with Gasteiger partial charge in [-0.2, -0.15) is 0 Å². The van der Waals surface area contributed by atoms with Crippen LogP contribution in [0, 0.1) is 5.82 Å². The van der Waals surface area contributed by atoms with Crippen LogP contribution in [0.3, 0.4) is 0 Å². The first-order chi connectivity index (χ1) is 9.59. The number of phenolic OH excluding ortho intramolecular Hbond substituents is 1. The van der Waals surface area contributed by atoms with Gasteiger partial charge >= 0.3 is 0 Å². The van der Waals surface area contributed by atoms with E-state index in [1.165, 1.54) is 12.1 Å². The molecule has 0 aromatic heterocycles. The fourth-order valence-electron chi connectivity index (χ4n) is 2.25. The first-order valence-corrected chi connectivity index (χ1v) is 7.32. The summed E-state index contributed by atoms with van der Waals surface area (Å²) >= 11 is 12.3. The Labute approximate surface area is 128 Å². The number of benzene rings is 2. The first kappa shape index (κ1) is 15.1. The van der Waals surface area contributed by atoms with Crippen LogP contribution < -0.4 is 0 Å². The molecule has 0 unspecified atom stereocenters. The predicted molar refractivity (Wildman–Crippen MR) is 81.3 cm³/mol. The number of alkyl halides is 2. The lowest BCUT2D eigenvalue weighted by atomic mass is 9.78. The first-order valence-electron chi connectivity index (χ1n) is 6.25. The molecular weight excluding hydrogens is 298 g/mol. The Balaban J connectivity index is 2.36. The standard InChI is InChI=1S/C16H15Cl2FO/c17-10-16(11-18,13-4-6-14(19)7-5-13)9-12-2-1-3-15(20)8-12/h1-8,20H,9-11H2. The van der Waals surface area contributed by atoms with Crippen molar-refractivity contribution < 1.29 is 9.50 Å². The highest BCUT2D eigenvalue weighted by atomic mass is 35.5. The molecule has 106 valence electrons. The van der Waals surface area contributed by atoms with E-state index in [4.69, 9.17) is 23.2 Å². The predicted octanol–water partition coefficient (Wildman–Crippen LogP) is 4.49. The van der Waals surface area contributed by atoms with E-state index in [2.05, 4.69) is 0 Å². The molecule has 0 bridgehead atoms. The third kappa shape index (κ3) is 3.25. The molecule has 0 heterocycles. The highest BCUT2D eigenvalue weighted by Crippen LogP contribution is 2.32. The van der Waals surface area contributed by atoms with Crippen LogP contribution in [-0.2, 0) is 11.8 Å². The Kier molecular flexibility index (Phi) is 4.90. The lowest BCUT2D eigenvalue weighted by Crippen LogP contribution is -2.33. The van der Waals surface area contributed by atoms with Crippen molar-refractivity contribution in [1.82, 2.24) is 0 Å². The normalized spacial score (nSPS) is 11.6. The summed E-state index contributed by atoms with van der Waals surface area (Å²) in [4.78, 5) is 0. The van der Waals surface area contributed by atoms with Crippen LogP contribution in [0.5, 0.6) is 5.75 Å². The molecule has 0 fully saturated rings. The summed E-state index contributed by atoms with van der Waals surface area (Å²) in [6, 6.07) is 13.2. The third-order valence-corrected chi connectivity index (χ3v) is 4.44. The summed E-state index contributed by atoms with van der Waals surface area (Å²) in [7, 11) is 0. The molecule has 0 aliphatic rings. The van der Waals surface area contributed by atoms with E-state index in [-0.39, 0.29) is 11.6 Å². The number of halogens is 3. The SMILES string of the molecule is Oc1cccc(CC(CCl)(CCl)c2ccc(F)cc2)c1. The molecular formula is C16H15Cl2FO. The largest absolute Gasteiger partial charge is 0.508 e. The molecule has 2 aromatic rings. The monoisotopic (exact) mass is 312 g/mol. The molecule has 20 heavy (non-hydrogen) atoms. The highest BCUT2D eigenvalue weighted by molar-refractivity contribution is 6.22. The molecule has 0 amide bonds. The van der Waals surface area contributed by atoms with Crippen molar-refractivity contribution in [2.45, 2.75) is 11.8 Å². The second kappa shape index (κ2) is 6.47. The van der Waals surface area contributed by atoms with Crippen molar-refractivity contribution in [1.29, 1.82) is 0 Å². The summed E-state index contributed by atoms with van der Waals surface area (Å²) in [5, 5.41) is 9.55. The fourth-order valence-corrected chi connectivity index (χ4v) is 3.03. The van der Waals surface area contributed by atoms with Gasteiger partial charge in [-0.05, 0) is 41.8 Å². The van der Waals surface area contributed by atoms with Gasteiger partial charge in [0.05, 0.1) is 0 Å². The molecule has 0 radical (unpaired) electrons. The summed E-state index contributed by atoms with van der Waals surface area (Å²) < 4.78 is 13.1. The Bertz CT molecular complexity index is 565. The van der Waals surface area contributed by atoms with Crippen LogP contribution in [0.1, 0.15) is 11.1 Å². The zero-order valence-corrected chi connectivity index (χ0v) is 12.3. The molecule has 1 nitrogen and oxygen atoms in total. The average Bonchev–Trinajstić information content (AvgIpc) is 2.46. The fraction of sp³-hybridized carbons (Fsp3) is 0.250. The quantitative estimate of drug-likeness (QED) is 0.806. The molecule has 1 N–H and O–H groups in total. The minimum absolute atomic E-state index is 0.208. The number of phenols is 1. The third-order valence-electron chi connectivity index (χ3n) is 3.42. The van der Waals surface area contributed by atoms with E-state index in [9.17, 15) is 9.50 Å². The summed E-state index contributed by atoms with van der Waals surface area (Å²) in [5.74, 6) is 0.555. The molecule has 0 aliphatic carbocycles. The van der Waals surface area contributed by atoms with E-state index >= 15 is 0 Å². The van der Waals surface area contributed by atoms with Gasteiger partial charge in [0.25, 0.3) is 0 Å². The molecule has 0 atom stereocenters. The van der Waals surface area contributed by atoms with Crippen molar-refractivity contribution in [3.05, 3.63) is 65.5 Å². The van der Waals surface area contributed by atoms with E-state index in [1.54, 1.807) is 30.3 Å². The average molecular weight is 313 g/mol. The van der Waals surface area contributed by atoms with E-state index < -0.39 is 5.41 Å². The smallest absolute Gasteiger partial charge is 0.123 e. The number of rotatable bonds is 5. The summed E-state index contributed by atoms with van der Waals surface area (Å²) in [5.41, 5.74) is 1.35. The van der Waals surface area contributed by atoms with E-state index in [0.29, 0.717) is 18.2 Å². The molecule has 0 aliphatic heterocycles. The molecule has 2 rings (SSSR count). The van der Waals surface area contributed by atoms with Gasteiger partial charge in [-0.3, -0.25) is 0 Å². The number of hydrogen-bond donors (Lipinski definition) is 1. The molecule has 0 saturated heterocycles. The zero-order chi connectivity index (χ0) is 14.6. The Hall–Kier alpha value is -1.25. The van der Waals surface area contributed by atoms with Crippen LogP contribution in [0.15, 0.2) is 48.5 Å². The summed E-state index contributed by atoms with van der Waals surface area (Å²) in [6.45, 7) is 0. The zero-order valence-electron chi connectivity index (χ0n) is 10.8. The van der Waals surface area contributed by atoms with Crippen LogP contribution >= 0.6 is 23.2 Å². The van der Waals surface area contributed by atoms with Crippen LogP contribution in [0.2, 0.25) is 0 Å². The van der Waals surface area contributed by atoms with Gasteiger partial charge in [-0.1, -0.05) is 24.3 Å². The van der Waals surface area contributed by atoms with Crippen LogP contribution in [0.25, 0.3) is 0 Å². The lowest BCUT2D eigenvalue weighted by molar-refractivity contribution is 0.472. The second-order valence-electron chi connectivity index (χ2n) is 4.90. The van der Waals surface area contributed by atoms with Crippen molar-refractivity contribution in [2.75, 3.05) is 11.8 Å². The van der Waals surface area contributed by atoms with Gasteiger partial charge in [0.1, 0.15) is 11.6 Å². The molecule has 0 spiro atoms. The molecule has 4 heteroatoms. The topological polar surface area (TPSA) is 20.2 Å². The lowest BCUT2D eigenvalue weighted by Gasteiger charge is -2.30. The van der Waals surface area contributed by atoms with Gasteiger partial charge in [0, 0.05) is 17.2 Å². The highest BCUT2D eigenvalue weighted by Gasteiger charge is 2.31. The van der Waals surface area contributed by atoms with Crippen molar-refractivity contribution in [3.8, 4) is 5.75 Å². The maximum absolute atomic E-state index is 13.1. The van der Waals surface area contributed by atoms with Gasteiger partial charge in [-0.15, -0.1) is 23.2 Å². The van der Waals surface area contributed by atoms with Gasteiger partial charge in [-0.25, -0.2) is 4.39 Å². The minimum atomic E-state index is -0.482. The maximum Gasteiger partial charge on any atom is 0.123 e. The number of aromatic hydroxyl groups is 1. The van der Waals surface area contributed by atoms with Crippen molar-refractivity contribution in [3.63, 3.8) is 0 Å². The second-order valence-corrected chi connectivity index (χ2v) is 5.44. The molecule has 2 aromatic carbocycles. The van der Waals surface area contributed by atoms with Crippen molar-refractivity contribution in [2.24, 2.45) is 0 Å². The van der Waals surface area contributed by atoms with E-state index in [0.717, 1.165) is 11.1 Å². The summed E-state index contributed by atoms with van der Waals surface area (Å²) in [6.07, 6.45) is 0.583. The van der Waals surface area contributed by atoms with Crippen LogP contribution in [-0.4, -0.2) is 16.9 Å². The van der Waals surface area contributed by atoms with E-state index in [1.807, 2.05) is 6.07 Å². The number of hydrogen-bond acceptors (Lipinski definition) is 1. The minimum Gasteiger partial charge on any atom is -0.508 e. The maximum atomic E-state index is 13.1. The Morgan fingerprint density at radius 3 is 2.20 bits per heavy atom. The Morgan fingerprint density at radius 2 is 1.65 bits per heavy atom. The molecule has 0 saturated carbocycles. The van der Waals surface area contributed by atoms with Gasteiger partial charge < -0.3 is 5.11 Å². The van der Waals surface area contributed by atoms with Gasteiger partial charge in [0.15, 0.2) is 0 Å².